The molecule has 102 valence electrons. The van der Waals surface area contributed by atoms with Gasteiger partial charge in [-0.2, -0.15) is 0 Å². The van der Waals surface area contributed by atoms with Gasteiger partial charge in [-0.25, -0.2) is 0 Å². The van der Waals surface area contributed by atoms with Crippen LogP contribution in [0.2, 0.25) is 0 Å². The van der Waals surface area contributed by atoms with Crippen molar-refractivity contribution in [2.45, 2.75) is 31.9 Å². The lowest BCUT2D eigenvalue weighted by molar-refractivity contribution is -0.00659. The Hall–Kier alpha value is -0.970. The fourth-order valence-electron chi connectivity index (χ4n) is 1.67. The average Bonchev–Trinajstić information content (AvgIpc) is 2.37. The van der Waals surface area contributed by atoms with Crippen molar-refractivity contribution < 1.29 is 4.74 Å². The largest absolute Gasteiger partial charge is 0.377 e. The molecule has 0 fully saturated rings. The summed E-state index contributed by atoms with van der Waals surface area (Å²) in [6.45, 7) is 5.85. The highest BCUT2D eigenvalue weighted by Crippen LogP contribution is 2.12. The molecule has 18 heavy (non-hydrogen) atoms. The lowest BCUT2D eigenvalue weighted by atomic mass is 9.99. The molecule has 1 unspecified atom stereocenters. The number of hydrogen-bond acceptors (Lipinski definition) is 4. The van der Waals surface area contributed by atoms with Gasteiger partial charge in [0.25, 0.3) is 0 Å². The molecule has 1 heterocycles. The van der Waals surface area contributed by atoms with E-state index in [0.29, 0.717) is 0 Å². The van der Waals surface area contributed by atoms with Crippen LogP contribution < -0.4 is 5.73 Å². The minimum atomic E-state index is -0.287. The first-order valence-corrected chi connectivity index (χ1v) is 6.34. The van der Waals surface area contributed by atoms with E-state index in [4.69, 9.17) is 10.5 Å². The van der Waals surface area contributed by atoms with Gasteiger partial charge in [-0.1, -0.05) is 0 Å². The van der Waals surface area contributed by atoms with Gasteiger partial charge in [-0.3, -0.25) is 4.98 Å². The van der Waals surface area contributed by atoms with Crippen molar-refractivity contribution in [1.29, 1.82) is 0 Å². The Morgan fingerprint density at radius 3 is 2.56 bits per heavy atom. The number of methoxy groups -OCH3 is 1. The lowest BCUT2D eigenvalue weighted by Gasteiger charge is -2.33. The fourth-order valence-corrected chi connectivity index (χ4v) is 1.67. The number of rotatable bonds is 7. The van der Waals surface area contributed by atoms with Crippen LogP contribution in [-0.2, 0) is 11.2 Å². The molecule has 1 aromatic heterocycles. The van der Waals surface area contributed by atoms with E-state index in [9.17, 15) is 0 Å². The van der Waals surface area contributed by atoms with Gasteiger partial charge >= 0.3 is 0 Å². The molecule has 1 rings (SSSR count). The SMILES string of the molecule is COC(C)(C)C(N)CN(C)CCc1ccncc1. The van der Waals surface area contributed by atoms with Crippen LogP contribution in [0.1, 0.15) is 19.4 Å². The summed E-state index contributed by atoms with van der Waals surface area (Å²) < 4.78 is 5.40. The molecule has 4 heteroatoms. The molecule has 0 aliphatic heterocycles. The highest BCUT2D eigenvalue weighted by Gasteiger charge is 2.26. The van der Waals surface area contributed by atoms with Crippen LogP contribution >= 0.6 is 0 Å². The maximum absolute atomic E-state index is 6.16. The van der Waals surface area contributed by atoms with Crippen molar-refractivity contribution in [2.75, 3.05) is 27.2 Å². The number of likely N-dealkylation sites (N-methyl/N-ethyl adjacent to an activating group) is 1. The Bertz CT molecular complexity index is 340. The molecule has 0 aliphatic rings. The molecule has 1 aromatic rings. The van der Waals surface area contributed by atoms with Crippen LogP contribution in [0.15, 0.2) is 24.5 Å². The molecule has 0 amide bonds. The molecule has 4 nitrogen and oxygen atoms in total. The third-order valence-electron chi connectivity index (χ3n) is 3.46. The monoisotopic (exact) mass is 251 g/mol. The Kier molecular flexibility index (Phi) is 5.72. The van der Waals surface area contributed by atoms with Gasteiger partial charge in [0.2, 0.25) is 0 Å². The fraction of sp³-hybridized carbons (Fsp3) is 0.643. The standard InChI is InChI=1S/C14H25N3O/c1-14(2,18-4)13(15)11-17(3)10-7-12-5-8-16-9-6-12/h5-6,8-9,13H,7,10-11,15H2,1-4H3. The third kappa shape index (κ3) is 4.72. The van der Waals surface area contributed by atoms with E-state index >= 15 is 0 Å². The van der Waals surface area contributed by atoms with E-state index in [-0.39, 0.29) is 11.6 Å². The molecular weight excluding hydrogens is 226 g/mol. The highest BCUT2D eigenvalue weighted by molar-refractivity contribution is 5.09. The summed E-state index contributed by atoms with van der Waals surface area (Å²) in [5.41, 5.74) is 7.17. The van der Waals surface area contributed by atoms with Crippen LogP contribution in [0.3, 0.4) is 0 Å². The van der Waals surface area contributed by atoms with Crippen molar-refractivity contribution in [3.05, 3.63) is 30.1 Å². The van der Waals surface area contributed by atoms with Gasteiger partial charge in [-0.05, 0) is 45.0 Å². The molecule has 0 bridgehead atoms. The molecule has 0 aromatic carbocycles. The summed E-state index contributed by atoms with van der Waals surface area (Å²) in [6, 6.07) is 4.10. The second-order valence-electron chi connectivity index (χ2n) is 5.28. The van der Waals surface area contributed by atoms with Crippen LogP contribution in [-0.4, -0.2) is 48.8 Å². The molecule has 0 saturated carbocycles. The minimum absolute atomic E-state index is 0.00457. The number of hydrogen-bond donors (Lipinski definition) is 1. The summed E-state index contributed by atoms with van der Waals surface area (Å²) >= 11 is 0. The van der Waals surface area contributed by atoms with Gasteiger partial charge in [0.15, 0.2) is 0 Å². The second kappa shape index (κ2) is 6.83. The van der Waals surface area contributed by atoms with Crippen molar-refractivity contribution in [1.82, 2.24) is 9.88 Å². The van der Waals surface area contributed by atoms with Gasteiger partial charge in [0.05, 0.1) is 5.60 Å². The Labute approximate surface area is 110 Å². The van der Waals surface area contributed by atoms with Crippen LogP contribution in [0.25, 0.3) is 0 Å². The Morgan fingerprint density at radius 1 is 1.39 bits per heavy atom. The van der Waals surface area contributed by atoms with E-state index in [1.165, 1.54) is 5.56 Å². The molecular formula is C14H25N3O. The topological polar surface area (TPSA) is 51.4 Å². The predicted octanol–water partition coefficient (Wildman–Crippen LogP) is 1.31. The van der Waals surface area contributed by atoms with Crippen LogP contribution in [0, 0.1) is 0 Å². The summed E-state index contributed by atoms with van der Waals surface area (Å²) in [5, 5.41) is 0. The lowest BCUT2D eigenvalue weighted by Crippen LogP contribution is -2.51. The van der Waals surface area contributed by atoms with Gasteiger partial charge in [0, 0.05) is 38.6 Å². The first kappa shape index (κ1) is 15.1. The maximum Gasteiger partial charge on any atom is 0.0785 e. The number of pyridine rings is 1. The third-order valence-corrected chi connectivity index (χ3v) is 3.46. The molecule has 1 atom stereocenters. The minimum Gasteiger partial charge on any atom is -0.377 e. The van der Waals surface area contributed by atoms with Gasteiger partial charge in [-0.15, -0.1) is 0 Å². The van der Waals surface area contributed by atoms with E-state index in [2.05, 4.69) is 16.9 Å². The van der Waals surface area contributed by atoms with Crippen molar-refractivity contribution in [3.63, 3.8) is 0 Å². The van der Waals surface area contributed by atoms with E-state index in [1.807, 2.05) is 38.4 Å². The maximum atomic E-state index is 6.16. The Morgan fingerprint density at radius 2 is 2.00 bits per heavy atom. The van der Waals surface area contributed by atoms with Crippen molar-refractivity contribution in [3.8, 4) is 0 Å². The molecule has 0 aliphatic carbocycles. The first-order valence-electron chi connectivity index (χ1n) is 6.34. The number of ether oxygens (including phenoxy) is 1. The van der Waals surface area contributed by atoms with E-state index in [0.717, 1.165) is 19.5 Å². The zero-order valence-electron chi connectivity index (χ0n) is 11.9. The zero-order valence-corrected chi connectivity index (χ0v) is 11.9. The first-order chi connectivity index (χ1) is 8.45. The number of nitrogens with zero attached hydrogens (tertiary/aromatic N) is 2. The average molecular weight is 251 g/mol. The van der Waals surface area contributed by atoms with Crippen LogP contribution in [0.5, 0.6) is 0 Å². The second-order valence-corrected chi connectivity index (χ2v) is 5.28. The van der Waals surface area contributed by atoms with Gasteiger partial charge < -0.3 is 15.4 Å². The molecule has 2 N–H and O–H groups in total. The molecule has 0 spiro atoms. The normalized spacial score (nSPS) is 13.9. The zero-order chi connectivity index (χ0) is 13.6. The molecule has 0 radical (unpaired) electrons. The van der Waals surface area contributed by atoms with Gasteiger partial charge in [0.1, 0.15) is 0 Å². The predicted molar refractivity (Wildman–Crippen MR) is 74.5 cm³/mol. The van der Waals surface area contributed by atoms with Crippen LogP contribution in [0.4, 0.5) is 0 Å². The molecule has 0 saturated heterocycles. The van der Waals surface area contributed by atoms with E-state index < -0.39 is 0 Å². The van der Waals surface area contributed by atoms with Crippen molar-refractivity contribution >= 4 is 0 Å². The van der Waals surface area contributed by atoms with Crippen molar-refractivity contribution in [2.24, 2.45) is 5.73 Å². The summed E-state index contributed by atoms with van der Waals surface area (Å²) in [4.78, 5) is 6.26. The quantitative estimate of drug-likeness (QED) is 0.794. The number of nitrogens with two attached hydrogens (primary N) is 1. The summed E-state index contributed by atoms with van der Waals surface area (Å²) in [7, 11) is 3.80. The smallest absolute Gasteiger partial charge is 0.0785 e. The highest BCUT2D eigenvalue weighted by atomic mass is 16.5. The summed E-state index contributed by atoms with van der Waals surface area (Å²) in [6.07, 6.45) is 4.67. The summed E-state index contributed by atoms with van der Waals surface area (Å²) in [5.74, 6) is 0. The Balaban J connectivity index is 2.36. The number of aromatic nitrogens is 1. The van der Waals surface area contributed by atoms with E-state index in [1.54, 1.807) is 7.11 Å².